The second-order valence-corrected chi connectivity index (χ2v) is 5.02. The van der Waals surface area contributed by atoms with Crippen molar-refractivity contribution >= 4 is 38.6 Å². The van der Waals surface area contributed by atoms with E-state index in [-0.39, 0.29) is 0 Å². The molecule has 0 saturated heterocycles. The van der Waals surface area contributed by atoms with Crippen molar-refractivity contribution in [3.63, 3.8) is 0 Å². The largest absolute Gasteiger partial charge is 0.497 e. The first-order chi connectivity index (χ1) is 9.24. The first-order valence-electron chi connectivity index (χ1n) is 5.81. The normalized spacial score (nSPS) is 10.6. The van der Waals surface area contributed by atoms with Crippen molar-refractivity contribution in [3.8, 4) is 5.75 Å². The highest BCUT2D eigenvalue weighted by Crippen LogP contribution is 2.22. The van der Waals surface area contributed by atoms with Crippen LogP contribution in [0.2, 0.25) is 0 Å². The number of hydrogen-bond acceptors (Lipinski definition) is 3. The smallest absolute Gasteiger partial charge is 0.205 e. The molecule has 0 radical (unpaired) electrons. The van der Waals surface area contributed by atoms with Crippen LogP contribution in [0.3, 0.4) is 0 Å². The van der Waals surface area contributed by atoms with Gasteiger partial charge in [-0.15, -0.1) is 0 Å². The van der Waals surface area contributed by atoms with Crippen molar-refractivity contribution in [1.82, 2.24) is 9.97 Å². The summed E-state index contributed by atoms with van der Waals surface area (Å²) in [5.74, 6) is 1.52. The van der Waals surface area contributed by atoms with E-state index in [1.807, 2.05) is 42.5 Å². The molecule has 0 fully saturated rings. The quantitative estimate of drug-likeness (QED) is 0.765. The summed E-state index contributed by atoms with van der Waals surface area (Å²) in [6.07, 6.45) is 0. The standard InChI is InChI=1S/C14H12BrN3O/c1-19-11-6-7-12-13(8-11)18-14(17-12)16-10-4-2-9(15)3-5-10/h2-8H,1H3,(H2,16,17,18). The summed E-state index contributed by atoms with van der Waals surface area (Å²) < 4.78 is 6.24. The number of anilines is 2. The molecular weight excluding hydrogens is 306 g/mol. The van der Waals surface area contributed by atoms with E-state index in [9.17, 15) is 0 Å². The van der Waals surface area contributed by atoms with Gasteiger partial charge in [-0.2, -0.15) is 0 Å². The average molecular weight is 318 g/mol. The Morgan fingerprint density at radius 2 is 1.95 bits per heavy atom. The van der Waals surface area contributed by atoms with Crippen molar-refractivity contribution in [2.24, 2.45) is 0 Å². The van der Waals surface area contributed by atoms with Crippen molar-refractivity contribution < 1.29 is 4.74 Å². The maximum atomic E-state index is 5.19. The second-order valence-electron chi connectivity index (χ2n) is 4.10. The van der Waals surface area contributed by atoms with Crippen LogP contribution >= 0.6 is 15.9 Å². The number of aromatic amines is 1. The Labute approximate surface area is 118 Å². The number of methoxy groups -OCH3 is 1. The molecule has 0 aliphatic rings. The number of ether oxygens (including phenoxy) is 1. The minimum atomic E-state index is 0.713. The van der Waals surface area contributed by atoms with Gasteiger partial charge in [0.15, 0.2) is 0 Å². The fourth-order valence-electron chi connectivity index (χ4n) is 1.84. The number of aromatic nitrogens is 2. The zero-order chi connectivity index (χ0) is 13.2. The fourth-order valence-corrected chi connectivity index (χ4v) is 2.11. The number of nitrogens with zero attached hydrogens (tertiary/aromatic N) is 1. The number of imidazole rings is 1. The number of hydrogen-bond donors (Lipinski definition) is 2. The molecular formula is C14H12BrN3O. The molecule has 2 aromatic carbocycles. The van der Waals surface area contributed by atoms with Crippen LogP contribution in [-0.2, 0) is 0 Å². The van der Waals surface area contributed by atoms with Gasteiger partial charge in [-0.3, -0.25) is 0 Å². The highest BCUT2D eigenvalue weighted by molar-refractivity contribution is 9.10. The molecule has 3 aromatic rings. The summed E-state index contributed by atoms with van der Waals surface area (Å²) in [5, 5.41) is 3.23. The minimum Gasteiger partial charge on any atom is -0.497 e. The van der Waals surface area contributed by atoms with Gasteiger partial charge in [0.25, 0.3) is 0 Å². The molecule has 19 heavy (non-hydrogen) atoms. The number of H-pyrrole nitrogens is 1. The Bertz CT molecular complexity index is 706. The van der Waals surface area contributed by atoms with Crippen LogP contribution in [0.15, 0.2) is 46.9 Å². The van der Waals surface area contributed by atoms with Crippen LogP contribution in [0, 0.1) is 0 Å². The topological polar surface area (TPSA) is 49.9 Å². The van der Waals surface area contributed by atoms with E-state index in [2.05, 4.69) is 31.2 Å². The van der Waals surface area contributed by atoms with Gasteiger partial charge < -0.3 is 15.0 Å². The minimum absolute atomic E-state index is 0.713. The summed E-state index contributed by atoms with van der Waals surface area (Å²) >= 11 is 3.41. The lowest BCUT2D eigenvalue weighted by Gasteiger charge is -2.01. The lowest BCUT2D eigenvalue weighted by atomic mass is 10.3. The van der Waals surface area contributed by atoms with Crippen molar-refractivity contribution in [3.05, 3.63) is 46.9 Å². The third-order valence-corrected chi connectivity index (χ3v) is 3.32. The van der Waals surface area contributed by atoms with Crippen molar-refractivity contribution in [2.75, 3.05) is 12.4 Å². The molecule has 1 heterocycles. The van der Waals surface area contributed by atoms with Crippen LogP contribution in [0.25, 0.3) is 11.0 Å². The molecule has 2 N–H and O–H groups in total. The summed E-state index contributed by atoms with van der Waals surface area (Å²) in [6, 6.07) is 13.7. The van der Waals surface area contributed by atoms with E-state index in [0.717, 1.165) is 26.9 Å². The zero-order valence-corrected chi connectivity index (χ0v) is 11.9. The summed E-state index contributed by atoms with van der Waals surface area (Å²) in [4.78, 5) is 7.69. The number of fused-ring (bicyclic) bond motifs is 1. The summed E-state index contributed by atoms with van der Waals surface area (Å²) in [5.41, 5.74) is 2.83. The van der Waals surface area contributed by atoms with Gasteiger partial charge in [-0.1, -0.05) is 15.9 Å². The molecule has 0 bridgehead atoms. The first-order valence-corrected chi connectivity index (χ1v) is 6.60. The Morgan fingerprint density at radius 3 is 2.68 bits per heavy atom. The lowest BCUT2D eigenvalue weighted by Crippen LogP contribution is -1.91. The monoisotopic (exact) mass is 317 g/mol. The summed E-state index contributed by atoms with van der Waals surface area (Å²) in [7, 11) is 1.65. The fraction of sp³-hybridized carbons (Fsp3) is 0.0714. The van der Waals surface area contributed by atoms with Crippen molar-refractivity contribution in [1.29, 1.82) is 0 Å². The Kier molecular flexibility index (Phi) is 3.13. The Morgan fingerprint density at radius 1 is 1.16 bits per heavy atom. The van der Waals surface area contributed by atoms with Gasteiger partial charge in [0, 0.05) is 16.2 Å². The Hall–Kier alpha value is -2.01. The molecule has 0 saturated carbocycles. The van der Waals surface area contributed by atoms with Crippen LogP contribution in [-0.4, -0.2) is 17.1 Å². The number of rotatable bonds is 3. The predicted molar refractivity (Wildman–Crippen MR) is 80.1 cm³/mol. The van der Waals surface area contributed by atoms with E-state index in [4.69, 9.17) is 4.74 Å². The van der Waals surface area contributed by atoms with Gasteiger partial charge in [0.2, 0.25) is 5.95 Å². The van der Waals surface area contributed by atoms with Gasteiger partial charge in [0.05, 0.1) is 18.1 Å². The predicted octanol–water partition coefficient (Wildman–Crippen LogP) is 4.08. The van der Waals surface area contributed by atoms with Gasteiger partial charge in [-0.25, -0.2) is 4.98 Å². The number of benzene rings is 2. The average Bonchev–Trinajstić information content (AvgIpc) is 2.82. The molecule has 0 aliphatic heterocycles. The molecule has 3 rings (SSSR count). The highest BCUT2D eigenvalue weighted by atomic mass is 79.9. The molecule has 0 spiro atoms. The molecule has 0 amide bonds. The van der Waals surface area contributed by atoms with E-state index < -0.39 is 0 Å². The van der Waals surface area contributed by atoms with E-state index in [1.165, 1.54) is 0 Å². The van der Waals surface area contributed by atoms with E-state index >= 15 is 0 Å². The molecule has 96 valence electrons. The van der Waals surface area contributed by atoms with E-state index in [0.29, 0.717) is 5.95 Å². The van der Waals surface area contributed by atoms with Crippen LogP contribution in [0.5, 0.6) is 5.75 Å². The molecule has 1 aromatic heterocycles. The third-order valence-electron chi connectivity index (χ3n) is 2.80. The zero-order valence-electron chi connectivity index (χ0n) is 10.3. The lowest BCUT2D eigenvalue weighted by molar-refractivity contribution is 0.415. The molecule has 0 aliphatic carbocycles. The van der Waals surface area contributed by atoms with Crippen LogP contribution in [0.4, 0.5) is 11.6 Å². The Balaban J connectivity index is 1.90. The maximum absolute atomic E-state index is 5.19. The second kappa shape index (κ2) is 4.93. The molecule has 5 heteroatoms. The summed E-state index contributed by atoms with van der Waals surface area (Å²) in [6.45, 7) is 0. The van der Waals surface area contributed by atoms with E-state index in [1.54, 1.807) is 7.11 Å². The molecule has 0 atom stereocenters. The van der Waals surface area contributed by atoms with Gasteiger partial charge in [-0.05, 0) is 36.4 Å². The SMILES string of the molecule is COc1ccc2nc(Nc3ccc(Br)cc3)[nH]c2c1. The van der Waals surface area contributed by atoms with Gasteiger partial charge in [0.1, 0.15) is 5.75 Å². The van der Waals surface area contributed by atoms with Crippen LogP contribution in [0.1, 0.15) is 0 Å². The third kappa shape index (κ3) is 2.56. The number of halogens is 1. The molecule has 0 unspecified atom stereocenters. The van der Waals surface area contributed by atoms with Crippen LogP contribution < -0.4 is 10.1 Å². The first kappa shape index (κ1) is 12.0. The van der Waals surface area contributed by atoms with Crippen molar-refractivity contribution in [2.45, 2.75) is 0 Å². The van der Waals surface area contributed by atoms with Gasteiger partial charge >= 0.3 is 0 Å². The number of nitrogens with one attached hydrogen (secondary N) is 2. The molecule has 4 nitrogen and oxygen atoms in total. The maximum Gasteiger partial charge on any atom is 0.205 e. The highest BCUT2D eigenvalue weighted by Gasteiger charge is 2.04.